The molecule has 168 valence electrons. The molecule has 12 heteroatoms. The van der Waals surface area contributed by atoms with E-state index in [2.05, 4.69) is 19.8 Å². The fourth-order valence-electron chi connectivity index (χ4n) is 3.02. The van der Waals surface area contributed by atoms with E-state index in [1.54, 1.807) is 42.2 Å². The number of sulfonamides is 1. The van der Waals surface area contributed by atoms with Gasteiger partial charge in [-0.05, 0) is 42.5 Å². The molecule has 2 aromatic heterocycles. The van der Waals surface area contributed by atoms with Gasteiger partial charge in [-0.15, -0.1) is 0 Å². The Hall–Kier alpha value is -4.45. The first-order chi connectivity index (χ1) is 16.3. The van der Waals surface area contributed by atoms with E-state index in [1.165, 1.54) is 30.6 Å². The summed E-state index contributed by atoms with van der Waals surface area (Å²) in [5, 5.41) is 23.1. The molecular formula is C22H14ClN7O3S. The number of nitrogens with zero attached hydrogens (tertiary/aromatic N) is 6. The minimum absolute atomic E-state index is 0.00507. The van der Waals surface area contributed by atoms with Crippen molar-refractivity contribution in [1.29, 1.82) is 10.5 Å². The van der Waals surface area contributed by atoms with Crippen molar-refractivity contribution in [3.63, 3.8) is 0 Å². The maximum absolute atomic E-state index is 12.7. The number of halogens is 1. The first-order valence-electron chi connectivity index (χ1n) is 9.55. The largest absolute Gasteiger partial charge is 0.455 e. The molecule has 34 heavy (non-hydrogen) atoms. The molecule has 0 saturated carbocycles. The minimum atomic E-state index is -4.10. The van der Waals surface area contributed by atoms with Crippen molar-refractivity contribution in [2.75, 3.05) is 4.72 Å². The van der Waals surface area contributed by atoms with Crippen molar-refractivity contribution in [3.8, 4) is 34.9 Å². The third-order valence-corrected chi connectivity index (χ3v) is 6.21. The number of rotatable bonds is 6. The Kier molecular flexibility index (Phi) is 6.15. The van der Waals surface area contributed by atoms with Crippen molar-refractivity contribution in [2.45, 2.75) is 4.90 Å². The molecule has 0 aliphatic heterocycles. The van der Waals surface area contributed by atoms with Gasteiger partial charge in [-0.1, -0.05) is 11.6 Å². The van der Waals surface area contributed by atoms with Crippen LogP contribution in [0.2, 0.25) is 5.02 Å². The molecule has 0 spiro atoms. The molecule has 0 aliphatic carbocycles. The molecular weight excluding hydrogens is 478 g/mol. The van der Waals surface area contributed by atoms with Crippen molar-refractivity contribution in [2.24, 2.45) is 7.05 Å². The topological polar surface area (TPSA) is 147 Å². The lowest BCUT2D eigenvalue weighted by atomic mass is 10.1. The first-order valence-corrected chi connectivity index (χ1v) is 11.4. The summed E-state index contributed by atoms with van der Waals surface area (Å²) < 4.78 is 35.3. The molecule has 0 fully saturated rings. The van der Waals surface area contributed by atoms with Crippen LogP contribution in [0.5, 0.6) is 11.5 Å². The lowest BCUT2D eigenvalue weighted by Gasteiger charge is -2.14. The van der Waals surface area contributed by atoms with E-state index in [4.69, 9.17) is 21.6 Å². The number of nitrogens with one attached hydrogen (secondary N) is 1. The molecule has 0 amide bonds. The summed E-state index contributed by atoms with van der Waals surface area (Å²) in [7, 11) is -2.33. The van der Waals surface area contributed by atoms with Gasteiger partial charge in [0, 0.05) is 23.8 Å². The van der Waals surface area contributed by atoms with Gasteiger partial charge < -0.3 is 4.74 Å². The summed E-state index contributed by atoms with van der Waals surface area (Å²) in [4.78, 5) is 7.40. The van der Waals surface area contributed by atoms with Crippen molar-refractivity contribution < 1.29 is 13.2 Å². The normalized spacial score (nSPS) is 10.8. The number of ether oxygens (including phenoxy) is 1. The maximum Gasteiger partial charge on any atom is 0.264 e. The number of hydrogen-bond donors (Lipinski definition) is 1. The minimum Gasteiger partial charge on any atom is -0.455 e. The molecule has 2 aromatic carbocycles. The number of aromatic nitrogens is 4. The van der Waals surface area contributed by atoms with Crippen LogP contribution in [-0.2, 0) is 17.1 Å². The van der Waals surface area contributed by atoms with E-state index >= 15 is 0 Å². The van der Waals surface area contributed by atoms with Crippen LogP contribution >= 0.6 is 11.6 Å². The third kappa shape index (κ3) is 4.66. The average molecular weight is 492 g/mol. The smallest absolute Gasteiger partial charge is 0.264 e. The van der Waals surface area contributed by atoms with E-state index in [1.807, 2.05) is 12.1 Å². The van der Waals surface area contributed by atoms with Crippen molar-refractivity contribution in [3.05, 3.63) is 77.2 Å². The highest BCUT2D eigenvalue weighted by Crippen LogP contribution is 2.36. The van der Waals surface area contributed by atoms with Crippen LogP contribution in [0.25, 0.3) is 11.3 Å². The fourth-order valence-corrected chi connectivity index (χ4v) is 4.17. The van der Waals surface area contributed by atoms with Gasteiger partial charge in [0.25, 0.3) is 10.0 Å². The SMILES string of the molecule is Cn1nccc1-c1cc(Cl)ccc1Oc1ccc(S(=O)(=O)Nc2ncc(C#N)cn2)cc1C#N. The van der Waals surface area contributed by atoms with Crippen LogP contribution in [0, 0.1) is 22.7 Å². The second-order valence-electron chi connectivity index (χ2n) is 6.87. The molecule has 10 nitrogen and oxygen atoms in total. The Morgan fingerprint density at radius 3 is 2.41 bits per heavy atom. The van der Waals surface area contributed by atoms with Crippen LogP contribution in [-0.4, -0.2) is 28.2 Å². The fraction of sp³-hybridized carbons (Fsp3) is 0.0455. The van der Waals surface area contributed by atoms with Gasteiger partial charge in [0.15, 0.2) is 0 Å². The zero-order valence-electron chi connectivity index (χ0n) is 17.5. The van der Waals surface area contributed by atoms with Crippen molar-refractivity contribution >= 4 is 27.6 Å². The summed E-state index contributed by atoms with van der Waals surface area (Å²) in [6.45, 7) is 0. The predicted octanol–water partition coefficient (Wildman–Crippen LogP) is 3.87. The summed E-state index contributed by atoms with van der Waals surface area (Å²) in [6, 6.07) is 14.5. The highest BCUT2D eigenvalue weighted by atomic mass is 35.5. The molecule has 0 unspecified atom stereocenters. The quantitative estimate of drug-likeness (QED) is 0.427. The van der Waals surface area contributed by atoms with Gasteiger partial charge in [-0.3, -0.25) is 4.68 Å². The van der Waals surface area contributed by atoms with E-state index in [0.717, 1.165) is 5.69 Å². The van der Waals surface area contributed by atoms with E-state index in [9.17, 15) is 13.7 Å². The van der Waals surface area contributed by atoms with Gasteiger partial charge in [-0.25, -0.2) is 23.1 Å². The van der Waals surface area contributed by atoms with Crippen LogP contribution < -0.4 is 9.46 Å². The zero-order valence-corrected chi connectivity index (χ0v) is 19.0. The molecule has 1 N–H and O–H groups in total. The van der Waals surface area contributed by atoms with Crippen LogP contribution in [0.1, 0.15) is 11.1 Å². The summed E-state index contributed by atoms with van der Waals surface area (Å²) >= 11 is 6.16. The van der Waals surface area contributed by atoms with E-state index in [-0.39, 0.29) is 27.7 Å². The zero-order chi connectivity index (χ0) is 24.3. The molecule has 2 heterocycles. The molecule has 4 aromatic rings. The highest BCUT2D eigenvalue weighted by molar-refractivity contribution is 7.92. The number of nitriles is 2. The van der Waals surface area contributed by atoms with Gasteiger partial charge >= 0.3 is 0 Å². The lowest BCUT2D eigenvalue weighted by molar-refractivity contribution is 0.481. The Morgan fingerprint density at radius 2 is 1.76 bits per heavy atom. The third-order valence-electron chi connectivity index (χ3n) is 4.65. The molecule has 0 atom stereocenters. The summed E-state index contributed by atoms with van der Waals surface area (Å²) in [5.74, 6) is 0.353. The van der Waals surface area contributed by atoms with E-state index in [0.29, 0.717) is 16.3 Å². The van der Waals surface area contributed by atoms with Gasteiger partial charge in [0.05, 0.1) is 34.1 Å². The van der Waals surface area contributed by atoms with Gasteiger partial charge in [0.1, 0.15) is 23.6 Å². The number of aryl methyl sites for hydroxylation is 1. The predicted molar refractivity (Wildman–Crippen MR) is 122 cm³/mol. The Morgan fingerprint density at radius 1 is 1.03 bits per heavy atom. The molecule has 0 saturated heterocycles. The molecule has 0 bridgehead atoms. The van der Waals surface area contributed by atoms with Gasteiger partial charge in [-0.2, -0.15) is 15.6 Å². The number of anilines is 1. The van der Waals surface area contributed by atoms with Crippen LogP contribution in [0.4, 0.5) is 5.95 Å². The van der Waals surface area contributed by atoms with Crippen molar-refractivity contribution in [1.82, 2.24) is 19.7 Å². The molecule has 0 radical (unpaired) electrons. The monoisotopic (exact) mass is 491 g/mol. The lowest BCUT2D eigenvalue weighted by Crippen LogP contribution is -2.15. The second-order valence-corrected chi connectivity index (χ2v) is 8.98. The standard InChI is InChI=1S/C22H14ClN7O3S/c1-30-19(6-7-28-30)18-9-16(23)2-4-21(18)33-20-5-3-17(8-15(20)11-25)34(31,32)29-22-26-12-14(10-24)13-27-22/h2-9,12-13H,1H3,(H,26,27,29). The first kappa shape index (κ1) is 22.7. The average Bonchev–Trinajstić information content (AvgIpc) is 3.26. The second kappa shape index (κ2) is 9.19. The Labute approximate surface area is 199 Å². The van der Waals surface area contributed by atoms with Gasteiger partial charge in [0.2, 0.25) is 5.95 Å². The summed E-state index contributed by atoms with van der Waals surface area (Å²) in [5.41, 5.74) is 1.56. The molecule has 0 aliphatic rings. The molecule has 4 rings (SSSR count). The highest BCUT2D eigenvalue weighted by Gasteiger charge is 2.20. The van der Waals surface area contributed by atoms with Crippen LogP contribution in [0.3, 0.4) is 0 Å². The number of hydrogen-bond acceptors (Lipinski definition) is 8. The Balaban J connectivity index is 1.66. The van der Waals surface area contributed by atoms with E-state index < -0.39 is 10.0 Å². The van der Waals surface area contributed by atoms with Crippen LogP contribution in [0.15, 0.2) is 66.0 Å². The maximum atomic E-state index is 12.7. The summed E-state index contributed by atoms with van der Waals surface area (Å²) in [6.07, 6.45) is 4.01. The Bertz CT molecular complexity index is 1570. The number of benzene rings is 2.